The number of carbonyl (C=O) groups excluding carboxylic acids is 3. The lowest BCUT2D eigenvalue weighted by Gasteiger charge is -2.44. The van der Waals surface area contributed by atoms with Crippen LogP contribution in [0.2, 0.25) is 0 Å². The number of nitrogens with one attached hydrogen (secondary N) is 1. The molecule has 8 heteroatoms. The molecule has 174 valence electrons. The third-order valence-corrected chi connectivity index (χ3v) is 6.84. The number of anilines is 1. The number of amides is 3. The molecule has 1 N–H and O–H groups in total. The van der Waals surface area contributed by atoms with Gasteiger partial charge in [-0.25, -0.2) is 4.79 Å². The number of nitrogens with zero attached hydrogens (tertiary/aromatic N) is 3. The van der Waals surface area contributed by atoms with Crippen molar-refractivity contribution >= 4 is 23.6 Å². The summed E-state index contributed by atoms with van der Waals surface area (Å²) in [6.45, 7) is 7.00. The SMILES string of the molecule is CCOC(=O)N1CCC(NC(=O)c2ccc3c(c2)N(CC)C2CCCCCN2C3=O)CC1. The maximum atomic E-state index is 13.2. The fraction of sp³-hybridized carbons (Fsp3) is 0.625. The molecule has 1 aromatic rings. The summed E-state index contributed by atoms with van der Waals surface area (Å²) in [4.78, 5) is 44.0. The highest BCUT2D eigenvalue weighted by Gasteiger charge is 2.37. The van der Waals surface area contributed by atoms with E-state index < -0.39 is 0 Å². The van der Waals surface area contributed by atoms with Crippen molar-refractivity contribution in [2.75, 3.05) is 37.7 Å². The van der Waals surface area contributed by atoms with Crippen LogP contribution in [0.25, 0.3) is 0 Å². The molecule has 0 aliphatic carbocycles. The van der Waals surface area contributed by atoms with E-state index in [4.69, 9.17) is 4.74 Å². The van der Waals surface area contributed by atoms with Crippen LogP contribution < -0.4 is 10.2 Å². The van der Waals surface area contributed by atoms with E-state index in [1.54, 1.807) is 24.0 Å². The minimum Gasteiger partial charge on any atom is -0.450 e. The molecular formula is C24H34N4O4. The lowest BCUT2D eigenvalue weighted by Crippen LogP contribution is -2.55. The van der Waals surface area contributed by atoms with E-state index >= 15 is 0 Å². The van der Waals surface area contributed by atoms with Crippen molar-refractivity contribution in [1.82, 2.24) is 15.1 Å². The molecule has 0 bridgehead atoms. The third kappa shape index (κ3) is 4.40. The van der Waals surface area contributed by atoms with Gasteiger partial charge in [0.2, 0.25) is 0 Å². The second-order valence-corrected chi connectivity index (χ2v) is 8.78. The number of hydrogen-bond acceptors (Lipinski definition) is 5. The number of carbonyl (C=O) groups is 3. The van der Waals surface area contributed by atoms with Crippen molar-refractivity contribution in [2.24, 2.45) is 0 Å². The Morgan fingerprint density at radius 3 is 2.56 bits per heavy atom. The first-order valence-electron chi connectivity index (χ1n) is 12.0. The Morgan fingerprint density at radius 1 is 1.06 bits per heavy atom. The predicted octanol–water partition coefficient (Wildman–Crippen LogP) is 3.22. The van der Waals surface area contributed by atoms with Crippen LogP contribution in [-0.4, -0.2) is 72.7 Å². The second kappa shape index (κ2) is 9.79. The van der Waals surface area contributed by atoms with Gasteiger partial charge in [0.1, 0.15) is 6.17 Å². The van der Waals surface area contributed by atoms with Gasteiger partial charge >= 0.3 is 6.09 Å². The Balaban J connectivity index is 1.46. The second-order valence-electron chi connectivity index (χ2n) is 8.78. The summed E-state index contributed by atoms with van der Waals surface area (Å²) in [6.07, 6.45) is 5.47. The lowest BCUT2D eigenvalue weighted by molar-refractivity contribution is 0.0656. The zero-order chi connectivity index (χ0) is 22.7. The van der Waals surface area contributed by atoms with E-state index in [0.717, 1.165) is 44.5 Å². The van der Waals surface area contributed by atoms with Crippen LogP contribution in [-0.2, 0) is 4.74 Å². The molecule has 3 amide bonds. The number of rotatable bonds is 4. The summed E-state index contributed by atoms with van der Waals surface area (Å²) >= 11 is 0. The molecular weight excluding hydrogens is 408 g/mol. The van der Waals surface area contributed by atoms with Crippen molar-refractivity contribution in [3.8, 4) is 0 Å². The quantitative estimate of drug-likeness (QED) is 0.774. The summed E-state index contributed by atoms with van der Waals surface area (Å²) in [5.74, 6) is -0.0518. The van der Waals surface area contributed by atoms with Gasteiger partial charge in [-0.3, -0.25) is 9.59 Å². The Hall–Kier alpha value is -2.77. The predicted molar refractivity (Wildman–Crippen MR) is 122 cm³/mol. The van der Waals surface area contributed by atoms with Gasteiger partial charge in [0, 0.05) is 37.8 Å². The van der Waals surface area contributed by atoms with E-state index in [1.165, 1.54) is 0 Å². The van der Waals surface area contributed by atoms with E-state index in [1.807, 2.05) is 11.0 Å². The van der Waals surface area contributed by atoms with Crippen molar-refractivity contribution in [3.63, 3.8) is 0 Å². The van der Waals surface area contributed by atoms with Gasteiger partial charge in [-0.15, -0.1) is 0 Å². The molecule has 0 radical (unpaired) electrons. The van der Waals surface area contributed by atoms with Crippen LogP contribution in [0.1, 0.15) is 73.1 Å². The van der Waals surface area contributed by atoms with Crippen LogP contribution in [0.3, 0.4) is 0 Å². The average molecular weight is 443 g/mol. The minimum absolute atomic E-state index is 0.0190. The van der Waals surface area contributed by atoms with Crippen LogP contribution >= 0.6 is 0 Å². The maximum Gasteiger partial charge on any atom is 0.409 e. The lowest BCUT2D eigenvalue weighted by atomic mass is 10.00. The topological polar surface area (TPSA) is 82.2 Å². The standard InChI is InChI=1S/C24H34N4O4/c1-3-27-20-16-17(9-10-19(20)23(30)28-13-7-5-6-8-21(27)28)22(29)25-18-11-14-26(15-12-18)24(31)32-4-2/h9-10,16,18,21H,3-8,11-15H2,1-2H3,(H,25,29). The van der Waals surface area contributed by atoms with Gasteiger partial charge < -0.3 is 24.8 Å². The van der Waals surface area contributed by atoms with Crippen LogP contribution in [0, 0.1) is 0 Å². The highest BCUT2D eigenvalue weighted by Crippen LogP contribution is 2.35. The zero-order valence-corrected chi connectivity index (χ0v) is 19.1. The van der Waals surface area contributed by atoms with E-state index in [9.17, 15) is 14.4 Å². The number of piperidine rings is 1. The van der Waals surface area contributed by atoms with E-state index in [0.29, 0.717) is 43.7 Å². The number of fused-ring (bicyclic) bond motifs is 2. The van der Waals surface area contributed by atoms with Gasteiger partial charge in [0.05, 0.1) is 17.9 Å². The molecule has 8 nitrogen and oxygen atoms in total. The highest BCUT2D eigenvalue weighted by molar-refractivity contribution is 6.04. The van der Waals surface area contributed by atoms with Crippen molar-refractivity contribution in [2.45, 2.75) is 64.6 Å². The Kier molecular flexibility index (Phi) is 6.86. The first-order valence-corrected chi connectivity index (χ1v) is 12.0. The number of ether oxygens (including phenoxy) is 1. The summed E-state index contributed by atoms with van der Waals surface area (Å²) < 4.78 is 5.06. The van der Waals surface area contributed by atoms with Crippen LogP contribution in [0.5, 0.6) is 0 Å². The molecule has 32 heavy (non-hydrogen) atoms. The van der Waals surface area contributed by atoms with Gasteiger partial charge in [-0.05, 0) is 64.2 Å². The summed E-state index contributed by atoms with van der Waals surface area (Å²) in [5.41, 5.74) is 2.12. The maximum absolute atomic E-state index is 13.2. The molecule has 2 fully saturated rings. The number of benzene rings is 1. The molecule has 1 aromatic carbocycles. The van der Waals surface area contributed by atoms with Crippen molar-refractivity contribution in [1.29, 1.82) is 0 Å². The third-order valence-electron chi connectivity index (χ3n) is 6.84. The van der Waals surface area contributed by atoms with Gasteiger partial charge in [-0.2, -0.15) is 0 Å². The van der Waals surface area contributed by atoms with Crippen LogP contribution in [0.15, 0.2) is 18.2 Å². The molecule has 4 rings (SSSR count). The number of hydrogen-bond donors (Lipinski definition) is 1. The fourth-order valence-electron chi connectivity index (χ4n) is 5.13. The molecule has 3 aliphatic rings. The average Bonchev–Trinajstić information content (AvgIpc) is 3.06. The van der Waals surface area contributed by atoms with Gasteiger partial charge in [0.25, 0.3) is 11.8 Å². The highest BCUT2D eigenvalue weighted by atomic mass is 16.6. The molecule has 1 unspecified atom stereocenters. The smallest absolute Gasteiger partial charge is 0.409 e. The van der Waals surface area contributed by atoms with Gasteiger partial charge in [0.15, 0.2) is 0 Å². The molecule has 1 atom stereocenters. The molecule has 3 aliphatic heterocycles. The Morgan fingerprint density at radius 2 is 1.84 bits per heavy atom. The number of likely N-dealkylation sites (tertiary alicyclic amines) is 1. The first-order chi connectivity index (χ1) is 15.5. The zero-order valence-electron chi connectivity index (χ0n) is 19.1. The monoisotopic (exact) mass is 442 g/mol. The molecule has 0 spiro atoms. The van der Waals surface area contributed by atoms with Crippen LogP contribution in [0.4, 0.5) is 10.5 Å². The Labute approximate surface area is 189 Å². The minimum atomic E-state index is -0.288. The fourth-order valence-corrected chi connectivity index (χ4v) is 5.13. The van der Waals surface area contributed by atoms with E-state index in [2.05, 4.69) is 17.1 Å². The van der Waals surface area contributed by atoms with Crippen molar-refractivity contribution < 1.29 is 19.1 Å². The molecule has 2 saturated heterocycles. The summed E-state index contributed by atoms with van der Waals surface area (Å²) in [6, 6.07) is 5.46. The normalized spacial score (nSPS) is 21.5. The largest absolute Gasteiger partial charge is 0.450 e. The summed E-state index contributed by atoms with van der Waals surface area (Å²) in [7, 11) is 0. The van der Waals surface area contributed by atoms with E-state index in [-0.39, 0.29) is 30.1 Å². The summed E-state index contributed by atoms with van der Waals surface area (Å²) in [5, 5.41) is 3.11. The first kappa shape index (κ1) is 22.4. The molecule has 3 heterocycles. The van der Waals surface area contributed by atoms with Crippen molar-refractivity contribution in [3.05, 3.63) is 29.3 Å². The Bertz CT molecular complexity index is 866. The molecule has 0 saturated carbocycles. The van der Waals surface area contributed by atoms with Gasteiger partial charge in [-0.1, -0.05) is 6.42 Å². The molecule has 0 aromatic heterocycles.